The van der Waals surface area contributed by atoms with Crippen molar-refractivity contribution >= 4 is 53.4 Å². The minimum absolute atomic E-state index is 0.00910. The molecule has 0 radical (unpaired) electrons. The molecule has 192 valence electrons. The summed E-state index contributed by atoms with van der Waals surface area (Å²) in [5.74, 6) is 0.972. The van der Waals surface area contributed by atoms with Crippen molar-refractivity contribution in [2.45, 2.75) is 33.2 Å². The van der Waals surface area contributed by atoms with Crippen LogP contribution in [-0.2, 0) is 4.79 Å². The maximum Gasteiger partial charge on any atom is 0.488 e. The van der Waals surface area contributed by atoms with Gasteiger partial charge in [-0.1, -0.05) is 48.0 Å². The van der Waals surface area contributed by atoms with E-state index in [9.17, 15) is 14.8 Å². The molecule has 9 nitrogen and oxygen atoms in total. The van der Waals surface area contributed by atoms with E-state index in [1.165, 1.54) is 11.1 Å². The Hall–Kier alpha value is -3.64. The van der Waals surface area contributed by atoms with Crippen LogP contribution in [0.5, 0.6) is 0 Å². The molecule has 38 heavy (non-hydrogen) atoms. The Morgan fingerprint density at radius 2 is 1.84 bits per heavy atom. The molecule has 0 unspecified atom stereocenters. The molecule has 1 aliphatic heterocycles. The highest BCUT2D eigenvalue weighted by Crippen LogP contribution is 2.39. The van der Waals surface area contributed by atoms with Crippen LogP contribution >= 0.6 is 22.9 Å². The van der Waals surface area contributed by atoms with Crippen molar-refractivity contribution < 1.29 is 14.8 Å². The molecule has 0 fully saturated rings. The summed E-state index contributed by atoms with van der Waals surface area (Å²) in [6.45, 7) is 6.04. The number of fused-ring (bicyclic) bond motifs is 3. The molecule has 2 aromatic heterocycles. The van der Waals surface area contributed by atoms with Gasteiger partial charge in [-0.05, 0) is 49.5 Å². The van der Waals surface area contributed by atoms with Crippen molar-refractivity contribution in [2.24, 2.45) is 10.1 Å². The smallest absolute Gasteiger partial charge is 0.423 e. The van der Waals surface area contributed by atoms with Gasteiger partial charge in [-0.25, -0.2) is 5.43 Å². The maximum absolute atomic E-state index is 13.0. The second-order valence-electron chi connectivity index (χ2n) is 8.94. The summed E-state index contributed by atoms with van der Waals surface area (Å²) >= 11 is 7.81. The Morgan fingerprint density at radius 1 is 1.13 bits per heavy atom. The van der Waals surface area contributed by atoms with Crippen LogP contribution in [0.2, 0.25) is 5.02 Å². The number of aliphatic imine (C=N–C) groups is 1. The zero-order valence-electron chi connectivity index (χ0n) is 20.9. The molecule has 1 aliphatic rings. The van der Waals surface area contributed by atoms with Crippen LogP contribution in [0, 0.1) is 20.8 Å². The van der Waals surface area contributed by atoms with Crippen LogP contribution in [0.3, 0.4) is 0 Å². The van der Waals surface area contributed by atoms with Gasteiger partial charge in [0.15, 0.2) is 5.82 Å². The highest BCUT2D eigenvalue weighted by atomic mass is 35.5. The number of aromatic nitrogens is 3. The van der Waals surface area contributed by atoms with Crippen molar-refractivity contribution in [3.05, 3.63) is 92.3 Å². The van der Waals surface area contributed by atoms with E-state index >= 15 is 0 Å². The Labute approximate surface area is 228 Å². The lowest BCUT2D eigenvalue weighted by Crippen LogP contribution is -2.29. The molecule has 12 heteroatoms. The third-order valence-corrected chi connectivity index (χ3v) is 7.82. The first-order valence-electron chi connectivity index (χ1n) is 11.9. The molecule has 1 amide bonds. The fraction of sp³-hybridized carbons (Fsp3) is 0.192. The monoisotopic (exact) mass is 546 g/mol. The number of thiophene rings is 1. The van der Waals surface area contributed by atoms with E-state index in [1.807, 2.05) is 35.8 Å². The van der Waals surface area contributed by atoms with Gasteiger partial charge < -0.3 is 10.0 Å². The van der Waals surface area contributed by atoms with E-state index in [0.29, 0.717) is 21.9 Å². The molecule has 0 saturated carbocycles. The molecule has 0 bridgehead atoms. The van der Waals surface area contributed by atoms with Crippen LogP contribution in [0.15, 0.2) is 58.6 Å². The molecule has 0 saturated heterocycles. The van der Waals surface area contributed by atoms with Crippen LogP contribution in [0.4, 0.5) is 0 Å². The van der Waals surface area contributed by atoms with E-state index in [0.717, 1.165) is 33.2 Å². The topological polar surface area (TPSA) is 125 Å². The van der Waals surface area contributed by atoms with Gasteiger partial charge in [0.1, 0.15) is 16.9 Å². The SMILES string of the molecule is Cc1sc2c(c1C)C(c1ccc(Cl)cc1)=N[C@@H](CC(=O)N/N=C\c1ccc(B(O)O)cc1)c1nnc(C)n1-2. The number of amides is 1. The highest BCUT2D eigenvalue weighted by molar-refractivity contribution is 7.15. The van der Waals surface area contributed by atoms with Gasteiger partial charge in [-0.2, -0.15) is 5.10 Å². The van der Waals surface area contributed by atoms with Crippen molar-refractivity contribution in [2.75, 3.05) is 0 Å². The fourth-order valence-corrected chi connectivity index (χ4v) is 5.63. The second-order valence-corrected chi connectivity index (χ2v) is 10.6. The number of hydrazone groups is 1. The lowest BCUT2D eigenvalue weighted by atomic mass is 9.80. The Bertz CT molecular complexity index is 1560. The number of carbonyl (C=O) groups excluding carboxylic acids is 1. The molecule has 4 aromatic rings. The van der Waals surface area contributed by atoms with Gasteiger partial charge in [-0.15, -0.1) is 21.5 Å². The first kappa shape index (κ1) is 26.0. The van der Waals surface area contributed by atoms with E-state index in [4.69, 9.17) is 16.6 Å². The van der Waals surface area contributed by atoms with Gasteiger partial charge in [0.2, 0.25) is 5.91 Å². The number of nitrogens with zero attached hydrogens (tertiary/aromatic N) is 5. The third kappa shape index (κ3) is 5.05. The van der Waals surface area contributed by atoms with Crippen LogP contribution in [0.25, 0.3) is 5.00 Å². The minimum atomic E-state index is -1.54. The fourth-order valence-electron chi connectivity index (χ4n) is 4.29. The van der Waals surface area contributed by atoms with Gasteiger partial charge in [0.05, 0.1) is 18.3 Å². The van der Waals surface area contributed by atoms with E-state index in [-0.39, 0.29) is 12.3 Å². The molecule has 5 rings (SSSR count). The second kappa shape index (κ2) is 10.6. The first-order chi connectivity index (χ1) is 18.2. The van der Waals surface area contributed by atoms with E-state index in [2.05, 4.69) is 34.6 Å². The molecular formula is C26H24BClN6O3S. The Balaban J connectivity index is 1.47. The predicted molar refractivity (Wildman–Crippen MR) is 150 cm³/mol. The van der Waals surface area contributed by atoms with Crippen molar-refractivity contribution in [3.8, 4) is 5.00 Å². The number of aryl methyl sites for hydroxylation is 2. The summed E-state index contributed by atoms with van der Waals surface area (Å²) in [7, 11) is -1.54. The molecule has 2 aromatic carbocycles. The number of hydrogen-bond acceptors (Lipinski definition) is 8. The highest BCUT2D eigenvalue weighted by Gasteiger charge is 2.32. The zero-order valence-corrected chi connectivity index (χ0v) is 22.5. The number of benzene rings is 2. The average molecular weight is 547 g/mol. The number of halogens is 1. The quantitative estimate of drug-likeness (QED) is 0.195. The average Bonchev–Trinajstić information content (AvgIpc) is 3.37. The molecule has 0 aliphatic carbocycles. The summed E-state index contributed by atoms with van der Waals surface area (Å²) in [4.78, 5) is 19.2. The van der Waals surface area contributed by atoms with Gasteiger partial charge >= 0.3 is 7.12 Å². The Morgan fingerprint density at radius 3 is 2.53 bits per heavy atom. The van der Waals surface area contributed by atoms with E-state index in [1.54, 1.807) is 35.6 Å². The molecule has 0 spiro atoms. The van der Waals surface area contributed by atoms with Gasteiger partial charge in [0.25, 0.3) is 0 Å². The Kier molecular flexibility index (Phi) is 7.26. The number of carbonyl (C=O) groups is 1. The van der Waals surface area contributed by atoms with Crippen LogP contribution in [0.1, 0.15) is 51.2 Å². The molecule has 3 heterocycles. The number of rotatable bonds is 6. The minimum Gasteiger partial charge on any atom is -0.423 e. The summed E-state index contributed by atoms with van der Waals surface area (Å²) in [6.07, 6.45) is 1.49. The van der Waals surface area contributed by atoms with Crippen molar-refractivity contribution in [1.82, 2.24) is 20.2 Å². The van der Waals surface area contributed by atoms with Crippen molar-refractivity contribution in [1.29, 1.82) is 0 Å². The summed E-state index contributed by atoms with van der Waals surface area (Å²) in [5.41, 5.74) is 7.41. The van der Waals surface area contributed by atoms with Gasteiger partial charge in [0, 0.05) is 21.0 Å². The third-order valence-electron chi connectivity index (χ3n) is 6.37. The summed E-state index contributed by atoms with van der Waals surface area (Å²) < 4.78 is 1.99. The molecular weight excluding hydrogens is 523 g/mol. The lowest BCUT2D eigenvalue weighted by Gasteiger charge is -2.12. The maximum atomic E-state index is 13.0. The lowest BCUT2D eigenvalue weighted by molar-refractivity contribution is -0.121. The summed E-state index contributed by atoms with van der Waals surface area (Å²) in [6, 6.07) is 13.4. The molecule has 3 N–H and O–H groups in total. The standard InChI is InChI=1S/C26H24BClN6O3S/c1-14-15(2)38-26-23(14)24(18-6-10-20(28)11-7-18)30-21(25-33-31-16(3)34(25)26)12-22(35)32-29-13-17-4-8-19(9-5-17)27(36)37/h4-11,13,21,36-37H,12H2,1-3H3,(H,32,35)/b29-13-/t21-/m0/s1. The summed E-state index contributed by atoms with van der Waals surface area (Å²) in [5, 5.41) is 32.8. The van der Waals surface area contributed by atoms with E-state index < -0.39 is 13.2 Å². The van der Waals surface area contributed by atoms with Gasteiger partial charge in [-0.3, -0.25) is 14.4 Å². The van der Waals surface area contributed by atoms with Crippen LogP contribution < -0.4 is 10.9 Å². The predicted octanol–water partition coefficient (Wildman–Crippen LogP) is 3.02. The number of nitrogens with one attached hydrogen (secondary N) is 1. The largest absolute Gasteiger partial charge is 0.488 e. The van der Waals surface area contributed by atoms with Crippen LogP contribution in [-0.4, -0.2) is 49.8 Å². The zero-order chi connectivity index (χ0) is 27.0. The van der Waals surface area contributed by atoms with Crippen molar-refractivity contribution in [3.63, 3.8) is 0 Å². The molecule has 1 atom stereocenters. The number of hydrogen-bond donors (Lipinski definition) is 3. The first-order valence-corrected chi connectivity index (χ1v) is 13.1. The normalized spacial score (nSPS) is 14.6.